The minimum atomic E-state index is -3.85. The molecule has 0 fully saturated rings. The SMILES string of the molecule is CCOC(=O)C1=Cc2ccccc2N(S(=O)(=O)c2ccc(Cl)cc2)C1. The summed E-state index contributed by atoms with van der Waals surface area (Å²) in [6, 6.07) is 13.0. The standard InChI is InChI=1S/C18H16ClNO4S/c1-2-24-18(21)14-11-13-5-3-4-6-17(13)20(12-14)25(22,23)16-9-7-15(19)8-10-16/h3-11H,2,12H2,1H3. The van der Waals surface area contributed by atoms with Crippen LogP contribution in [0.1, 0.15) is 12.5 Å². The number of hydrogen-bond acceptors (Lipinski definition) is 4. The van der Waals surface area contributed by atoms with Gasteiger partial charge in [0.15, 0.2) is 0 Å². The van der Waals surface area contributed by atoms with E-state index in [1.54, 1.807) is 37.3 Å². The smallest absolute Gasteiger partial charge is 0.335 e. The van der Waals surface area contributed by atoms with Crippen molar-refractivity contribution in [3.05, 3.63) is 64.7 Å². The summed E-state index contributed by atoms with van der Waals surface area (Å²) in [4.78, 5) is 12.2. The molecule has 25 heavy (non-hydrogen) atoms. The fourth-order valence-electron chi connectivity index (χ4n) is 2.61. The first-order valence-corrected chi connectivity index (χ1v) is 9.50. The second-order valence-electron chi connectivity index (χ2n) is 5.41. The van der Waals surface area contributed by atoms with Crippen molar-refractivity contribution in [1.29, 1.82) is 0 Å². The van der Waals surface area contributed by atoms with Gasteiger partial charge in [0.1, 0.15) is 0 Å². The molecule has 2 aromatic carbocycles. The lowest BCUT2D eigenvalue weighted by Gasteiger charge is -2.30. The summed E-state index contributed by atoms with van der Waals surface area (Å²) in [5.74, 6) is -0.520. The molecule has 1 aliphatic rings. The van der Waals surface area contributed by atoms with Gasteiger partial charge in [-0.1, -0.05) is 29.8 Å². The Morgan fingerprint density at radius 3 is 2.52 bits per heavy atom. The van der Waals surface area contributed by atoms with Crippen molar-refractivity contribution in [3.63, 3.8) is 0 Å². The van der Waals surface area contributed by atoms with Crippen LogP contribution in [0.2, 0.25) is 5.02 Å². The van der Waals surface area contributed by atoms with Gasteiger partial charge in [0.2, 0.25) is 0 Å². The number of rotatable bonds is 4. The molecule has 0 saturated carbocycles. The average molecular weight is 378 g/mol. The van der Waals surface area contributed by atoms with E-state index in [2.05, 4.69) is 0 Å². The number of esters is 1. The maximum Gasteiger partial charge on any atom is 0.335 e. The molecular weight excluding hydrogens is 362 g/mol. The van der Waals surface area contributed by atoms with Crippen LogP contribution in [0.25, 0.3) is 6.08 Å². The van der Waals surface area contributed by atoms with Gasteiger partial charge in [-0.15, -0.1) is 0 Å². The van der Waals surface area contributed by atoms with Crippen LogP contribution in [0.5, 0.6) is 0 Å². The normalized spacial score (nSPS) is 13.8. The van der Waals surface area contributed by atoms with E-state index in [9.17, 15) is 13.2 Å². The average Bonchev–Trinajstić information content (AvgIpc) is 2.61. The number of carbonyl (C=O) groups excluding carboxylic acids is 1. The Hall–Kier alpha value is -2.31. The number of nitrogens with zero attached hydrogens (tertiary/aromatic N) is 1. The Labute approximate surface area is 151 Å². The van der Waals surface area contributed by atoms with Crippen molar-refractivity contribution >= 4 is 39.4 Å². The summed E-state index contributed by atoms with van der Waals surface area (Å²) in [5, 5.41) is 0.449. The van der Waals surface area contributed by atoms with Crippen LogP contribution in [0.4, 0.5) is 5.69 Å². The van der Waals surface area contributed by atoms with Gasteiger partial charge in [0.05, 0.1) is 29.3 Å². The van der Waals surface area contributed by atoms with Crippen molar-refractivity contribution in [3.8, 4) is 0 Å². The van der Waals surface area contributed by atoms with Gasteiger partial charge in [0, 0.05) is 5.02 Å². The van der Waals surface area contributed by atoms with E-state index < -0.39 is 16.0 Å². The number of hydrogen-bond donors (Lipinski definition) is 0. The van der Waals surface area contributed by atoms with Crippen LogP contribution in [0, 0.1) is 0 Å². The molecule has 2 aromatic rings. The van der Waals surface area contributed by atoms with Crippen molar-refractivity contribution in [2.24, 2.45) is 0 Å². The topological polar surface area (TPSA) is 63.7 Å². The molecule has 5 nitrogen and oxygen atoms in total. The second-order valence-corrected chi connectivity index (χ2v) is 7.71. The van der Waals surface area contributed by atoms with E-state index >= 15 is 0 Å². The van der Waals surface area contributed by atoms with E-state index in [1.807, 2.05) is 0 Å². The van der Waals surface area contributed by atoms with Crippen LogP contribution >= 0.6 is 11.6 Å². The number of ether oxygens (including phenoxy) is 1. The minimum absolute atomic E-state index is 0.0825. The van der Waals surface area contributed by atoms with E-state index in [1.165, 1.54) is 28.6 Å². The van der Waals surface area contributed by atoms with Crippen LogP contribution in [0.15, 0.2) is 59.0 Å². The minimum Gasteiger partial charge on any atom is -0.463 e. The fourth-order valence-corrected chi connectivity index (χ4v) is 4.20. The molecule has 3 rings (SSSR count). The highest BCUT2D eigenvalue weighted by molar-refractivity contribution is 7.92. The highest BCUT2D eigenvalue weighted by atomic mass is 35.5. The molecule has 0 unspecified atom stereocenters. The molecule has 0 spiro atoms. The van der Waals surface area contributed by atoms with Crippen LogP contribution in [0.3, 0.4) is 0 Å². The number of carbonyl (C=O) groups is 1. The maximum atomic E-state index is 13.1. The number of para-hydroxylation sites is 1. The summed E-state index contributed by atoms with van der Waals surface area (Å²) in [6.07, 6.45) is 1.67. The number of sulfonamides is 1. The summed E-state index contributed by atoms with van der Waals surface area (Å²) in [6.45, 7) is 1.85. The predicted molar refractivity (Wildman–Crippen MR) is 97.0 cm³/mol. The molecule has 0 radical (unpaired) electrons. The Morgan fingerprint density at radius 2 is 1.84 bits per heavy atom. The molecule has 0 amide bonds. The van der Waals surface area contributed by atoms with Crippen LogP contribution < -0.4 is 4.31 Å². The van der Waals surface area contributed by atoms with Crippen molar-refractivity contribution in [2.75, 3.05) is 17.5 Å². The zero-order valence-corrected chi connectivity index (χ0v) is 15.0. The summed E-state index contributed by atoms with van der Waals surface area (Å²) in [5.41, 5.74) is 1.46. The lowest BCUT2D eigenvalue weighted by atomic mass is 10.0. The lowest BCUT2D eigenvalue weighted by Crippen LogP contribution is -2.37. The van der Waals surface area contributed by atoms with E-state index in [4.69, 9.17) is 16.3 Å². The first-order valence-electron chi connectivity index (χ1n) is 7.68. The lowest BCUT2D eigenvalue weighted by molar-refractivity contribution is -0.138. The molecule has 0 aromatic heterocycles. The first-order chi connectivity index (χ1) is 11.9. The molecule has 0 atom stereocenters. The summed E-state index contributed by atoms with van der Waals surface area (Å²) >= 11 is 5.85. The number of benzene rings is 2. The third-order valence-corrected chi connectivity index (χ3v) is 5.81. The summed E-state index contributed by atoms with van der Waals surface area (Å²) < 4.78 is 32.4. The van der Waals surface area contributed by atoms with Gasteiger partial charge in [-0.05, 0) is 48.9 Å². The Bertz CT molecular complexity index is 936. The molecule has 0 aliphatic carbocycles. The predicted octanol–water partition coefficient (Wildman–Crippen LogP) is 3.50. The molecule has 7 heteroatoms. The first kappa shape index (κ1) is 17.5. The van der Waals surface area contributed by atoms with Gasteiger partial charge >= 0.3 is 5.97 Å². The van der Waals surface area contributed by atoms with E-state index in [0.717, 1.165) is 0 Å². The highest BCUT2D eigenvalue weighted by Crippen LogP contribution is 2.33. The van der Waals surface area contributed by atoms with E-state index in [0.29, 0.717) is 16.3 Å². The van der Waals surface area contributed by atoms with Gasteiger partial charge < -0.3 is 4.74 Å². The monoisotopic (exact) mass is 377 g/mol. The van der Waals surface area contributed by atoms with Gasteiger partial charge in [-0.25, -0.2) is 13.2 Å². The Morgan fingerprint density at radius 1 is 1.16 bits per heavy atom. The molecule has 0 N–H and O–H groups in total. The van der Waals surface area contributed by atoms with Gasteiger partial charge in [-0.3, -0.25) is 4.31 Å². The zero-order valence-electron chi connectivity index (χ0n) is 13.5. The Balaban J connectivity index is 2.08. The number of anilines is 1. The van der Waals surface area contributed by atoms with Crippen molar-refractivity contribution in [2.45, 2.75) is 11.8 Å². The zero-order chi connectivity index (χ0) is 18.0. The third-order valence-electron chi connectivity index (χ3n) is 3.79. The van der Waals surface area contributed by atoms with E-state index in [-0.39, 0.29) is 23.6 Å². The Kier molecular flexibility index (Phi) is 4.83. The number of halogens is 1. The second kappa shape index (κ2) is 6.90. The van der Waals surface area contributed by atoms with Crippen LogP contribution in [-0.2, 0) is 19.6 Å². The third kappa shape index (κ3) is 3.41. The largest absolute Gasteiger partial charge is 0.463 e. The van der Waals surface area contributed by atoms with Gasteiger partial charge in [-0.2, -0.15) is 0 Å². The molecule has 1 heterocycles. The molecular formula is C18H16ClNO4S. The molecule has 0 saturated heterocycles. The van der Waals surface area contributed by atoms with Crippen LogP contribution in [-0.4, -0.2) is 27.5 Å². The van der Waals surface area contributed by atoms with Crippen molar-refractivity contribution < 1.29 is 17.9 Å². The molecule has 1 aliphatic heterocycles. The highest BCUT2D eigenvalue weighted by Gasteiger charge is 2.32. The van der Waals surface area contributed by atoms with Crippen molar-refractivity contribution in [1.82, 2.24) is 0 Å². The number of fused-ring (bicyclic) bond motifs is 1. The quantitative estimate of drug-likeness (QED) is 0.765. The summed E-state index contributed by atoms with van der Waals surface area (Å²) in [7, 11) is -3.85. The molecule has 130 valence electrons. The fraction of sp³-hybridized carbons (Fsp3) is 0.167. The maximum absolute atomic E-state index is 13.1. The molecule has 0 bridgehead atoms. The van der Waals surface area contributed by atoms with Gasteiger partial charge in [0.25, 0.3) is 10.0 Å².